The van der Waals surface area contributed by atoms with Gasteiger partial charge < -0.3 is 20.7 Å². The maximum absolute atomic E-state index is 12.5. The van der Waals surface area contributed by atoms with E-state index < -0.39 is 5.91 Å². The molecular weight excluding hydrogens is 450 g/mol. The molecule has 34 heavy (non-hydrogen) atoms. The zero-order valence-electron chi connectivity index (χ0n) is 19.9. The molecule has 3 amide bonds. The first-order chi connectivity index (χ1) is 16.5. The highest BCUT2D eigenvalue weighted by atomic mass is 32.1. The average molecular weight is 486 g/mol. The van der Waals surface area contributed by atoms with Crippen molar-refractivity contribution in [2.24, 2.45) is 5.73 Å². The number of nitrogens with two attached hydrogens (primary N) is 1. The molecule has 0 aliphatic carbocycles. The molecule has 0 atom stereocenters. The van der Waals surface area contributed by atoms with Crippen LogP contribution in [-0.2, 0) is 19.5 Å². The number of thiophene rings is 1. The van der Waals surface area contributed by atoms with E-state index in [1.54, 1.807) is 7.11 Å². The summed E-state index contributed by atoms with van der Waals surface area (Å²) in [5, 5.41) is 6.35. The van der Waals surface area contributed by atoms with Gasteiger partial charge in [0.2, 0.25) is 0 Å². The van der Waals surface area contributed by atoms with Crippen LogP contribution in [0.1, 0.15) is 52.0 Å². The fraction of sp³-hybridized carbons (Fsp3) is 0.520. The predicted octanol–water partition coefficient (Wildman–Crippen LogP) is 3.41. The van der Waals surface area contributed by atoms with Crippen molar-refractivity contribution in [1.29, 1.82) is 0 Å². The van der Waals surface area contributed by atoms with Crippen LogP contribution in [0.2, 0.25) is 0 Å². The summed E-state index contributed by atoms with van der Waals surface area (Å²) >= 11 is 1.45. The monoisotopic (exact) mass is 485 g/mol. The largest absolute Gasteiger partial charge is 0.496 e. The number of para-hydroxylation sites is 1. The third-order valence-corrected chi connectivity index (χ3v) is 7.71. The van der Waals surface area contributed by atoms with Gasteiger partial charge in [0, 0.05) is 36.6 Å². The molecule has 1 fully saturated rings. The molecule has 0 bridgehead atoms. The van der Waals surface area contributed by atoms with E-state index in [1.807, 2.05) is 18.2 Å². The van der Waals surface area contributed by atoms with E-state index in [1.165, 1.54) is 37.3 Å². The number of nitrogens with one attached hydrogen (secondary N) is 2. The molecule has 8 nitrogen and oxygen atoms in total. The number of rotatable bonds is 10. The number of likely N-dealkylation sites (tertiary alicyclic amines) is 1. The molecule has 2 aromatic rings. The van der Waals surface area contributed by atoms with Crippen molar-refractivity contribution in [3.8, 4) is 5.75 Å². The second-order valence-electron chi connectivity index (χ2n) is 8.98. The van der Waals surface area contributed by atoms with Crippen LogP contribution in [0.15, 0.2) is 24.3 Å². The molecule has 3 heterocycles. The van der Waals surface area contributed by atoms with E-state index in [0.29, 0.717) is 23.7 Å². The Kier molecular flexibility index (Phi) is 8.42. The van der Waals surface area contributed by atoms with Crippen LogP contribution >= 0.6 is 11.3 Å². The number of ether oxygens (including phenoxy) is 1. The SMILES string of the molecule is COc1ccccc1CN1CCc2c(sc(NC(=O)NCCCCN3CCCC3)c2C(N)=O)C1. The standard InChI is InChI=1S/C25H35N5O3S/c1-33-20-9-3-2-8-18(20)16-30-15-10-19-21(17-30)34-24(22(19)23(26)31)28-25(32)27-11-4-5-12-29-13-6-7-14-29/h2-3,8-9H,4-7,10-17H2,1H3,(H2,26,31)(H2,27,28,32). The van der Waals surface area contributed by atoms with Gasteiger partial charge in [-0.25, -0.2) is 4.79 Å². The summed E-state index contributed by atoms with van der Waals surface area (Å²) in [7, 11) is 1.68. The molecule has 0 radical (unpaired) electrons. The highest BCUT2D eigenvalue weighted by Gasteiger charge is 2.28. The summed E-state index contributed by atoms with van der Waals surface area (Å²) in [5.41, 5.74) is 8.27. The number of carbonyl (C=O) groups is 2. The lowest BCUT2D eigenvalue weighted by Gasteiger charge is -2.27. The van der Waals surface area contributed by atoms with Crippen molar-refractivity contribution in [3.05, 3.63) is 45.8 Å². The van der Waals surface area contributed by atoms with Gasteiger partial charge in [-0.3, -0.25) is 15.0 Å². The number of hydrogen-bond donors (Lipinski definition) is 3. The molecule has 1 aromatic carbocycles. The molecule has 4 N–H and O–H groups in total. The smallest absolute Gasteiger partial charge is 0.319 e. The lowest BCUT2D eigenvalue weighted by atomic mass is 10.0. The van der Waals surface area contributed by atoms with Crippen molar-refractivity contribution in [2.75, 3.05) is 45.2 Å². The minimum atomic E-state index is -0.489. The molecule has 184 valence electrons. The van der Waals surface area contributed by atoms with E-state index in [-0.39, 0.29) is 6.03 Å². The van der Waals surface area contributed by atoms with Crippen molar-refractivity contribution < 1.29 is 14.3 Å². The molecule has 0 spiro atoms. The molecule has 2 aliphatic rings. The molecule has 0 unspecified atom stereocenters. The first-order valence-electron chi connectivity index (χ1n) is 12.1. The maximum Gasteiger partial charge on any atom is 0.319 e. The summed E-state index contributed by atoms with van der Waals surface area (Å²) in [5.74, 6) is 0.383. The quantitative estimate of drug-likeness (QED) is 0.448. The number of methoxy groups -OCH3 is 1. The molecule has 9 heteroatoms. The number of nitrogens with zero attached hydrogens (tertiary/aromatic N) is 2. The molecule has 4 rings (SSSR count). The Morgan fingerprint density at radius 2 is 1.91 bits per heavy atom. The normalized spacial score (nSPS) is 16.3. The Bertz CT molecular complexity index is 1000. The summed E-state index contributed by atoms with van der Waals surface area (Å²) in [6, 6.07) is 7.73. The van der Waals surface area contributed by atoms with Crippen LogP contribution in [0.3, 0.4) is 0 Å². The number of unbranched alkanes of at least 4 members (excludes halogenated alkanes) is 1. The topological polar surface area (TPSA) is 99.9 Å². The lowest BCUT2D eigenvalue weighted by Crippen LogP contribution is -2.31. The minimum absolute atomic E-state index is 0.284. The third-order valence-electron chi connectivity index (χ3n) is 6.58. The van der Waals surface area contributed by atoms with Crippen molar-refractivity contribution in [2.45, 2.75) is 45.2 Å². The number of urea groups is 1. The first-order valence-corrected chi connectivity index (χ1v) is 12.9. The van der Waals surface area contributed by atoms with Crippen molar-refractivity contribution >= 4 is 28.3 Å². The fourth-order valence-electron chi connectivity index (χ4n) is 4.83. The first kappa shape index (κ1) is 24.5. The van der Waals surface area contributed by atoms with Gasteiger partial charge in [0.25, 0.3) is 5.91 Å². The Morgan fingerprint density at radius 1 is 1.12 bits per heavy atom. The Balaban J connectivity index is 1.33. The molecule has 2 aliphatic heterocycles. The average Bonchev–Trinajstić information content (AvgIpc) is 3.46. The van der Waals surface area contributed by atoms with Crippen LogP contribution in [0.5, 0.6) is 5.75 Å². The number of anilines is 1. The number of benzene rings is 1. The molecule has 0 saturated carbocycles. The van der Waals surface area contributed by atoms with Gasteiger partial charge in [0.1, 0.15) is 10.8 Å². The van der Waals surface area contributed by atoms with Gasteiger partial charge in [-0.05, 0) is 63.4 Å². The van der Waals surface area contributed by atoms with E-state index >= 15 is 0 Å². The molecule has 1 saturated heterocycles. The zero-order valence-corrected chi connectivity index (χ0v) is 20.7. The number of hydrogen-bond acceptors (Lipinski definition) is 6. The van der Waals surface area contributed by atoms with Gasteiger partial charge in [-0.2, -0.15) is 0 Å². The van der Waals surface area contributed by atoms with Crippen molar-refractivity contribution in [3.63, 3.8) is 0 Å². The number of primary amides is 1. The fourth-order valence-corrected chi connectivity index (χ4v) is 6.12. The highest BCUT2D eigenvalue weighted by Crippen LogP contribution is 2.37. The second kappa shape index (κ2) is 11.7. The number of amides is 3. The maximum atomic E-state index is 12.5. The van der Waals surface area contributed by atoms with E-state index in [0.717, 1.165) is 60.7 Å². The second-order valence-corrected chi connectivity index (χ2v) is 10.1. The van der Waals surface area contributed by atoms with Crippen LogP contribution in [0.25, 0.3) is 0 Å². The predicted molar refractivity (Wildman–Crippen MR) is 136 cm³/mol. The number of carbonyl (C=O) groups excluding carboxylic acids is 2. The van der Waals surface area contributed by atoms with Crippen LogP contribution < -0.4 is 21.1 Å². The van der Waals surface area contributed by atoms with Gasteiger partial charge in [0.05, 0.1) is 12.7 Å². The van der Waals surface area contributed by atoms with E-state index in [4.69, 9.17) is 10.5 Å². The van der Waals surface area contributed by atoms with Crippen molar-refractivity contribution in [1.82, 2.24) is 15.1 Å². The van der Waals surface area contributed by atoms with Crippen LogP contribution in [0, 0.1) is 0 Å². The molecule has 1 aromatic heterocycles. The van der Waals surface area contributed by atoms with E-state index in [9.17, 15) is 9.59 Å². The summed E-state index contributed by atoms with van der Waals surface area (Å²) in [4.78, 5) is 30.6. The summed E-state index contributed by atoms with van der Waals surface area (Å²) < 4.78 is 5.49. The van der Waals surface area contributed by atoms with Gasteiger partial charge >= 0.3 is 6.03 Å². The Hall–Kier alpha value is -2.62. The Labute approximate surface area is 205 Å². The van der Waals surface area contributed by atoms with Gasteiger partial charge in [-0.1, -0.05) is 18.2 Å². The lowest BCUT2D eigenvalue weighted by molar-refractivity contribution is 0.0999. The minimum Gasteiger partial charge on any atom is -0.496 e. The highest BCUT2D eigenvalue weighted by molar-refractivity contribution is 7.17. The van der Waals surface area contributed by atoms with Crippen LogP contribution in [0.4, 0.5) is 9.80 Å². The zero-order chi connectivity index (χ0) is 23.9. The van der Waals surface area contributed by atoms with Crippen LogP contribution in [-0.4, -0.2) is 61.6 Å². The van der Waals surface area contributed by atoms with Gasteiger partial charge in [-0.15, -0.1) is 11.3 Å². The third kappa shape index (κ3) is 6.08. The summed E-state index contributed by atoms with van der Waals surface area (Å²) in [6.45, 7) is 6.38. The van der Waals surface area contributed by atoms with E-state index in [2.05, 4.69) is 26.5 Å². The molecular formula is C25H35N5O3S. The van der Waals surface area contributed by atoms with Gasteiger partial charge in [0.15, 0.2) is 0 Å². The Morgan fingerprint density at radius 3 is 2.68 bits per heavy atom. The summed E-state index contributed by atoms with van der Waals surface area (Å²) in [6.07, 6.45) is 5.32. The number of fused-ring (bicyclic) bond motifs is 1.